The van der Waals surface area contributed by atoms with E-state index in [1.54, 1.807) is 18.2 Å². The second-order valence-electron chi connectivity index (χ2n) is 6.37. The molecule has 0 aliphatic rings. The van der Waals surface area contributed by atoms with Gasteiger partial charge in [-0.05, 0) is 50.3 Å². The van der Waals surface area contributed by atoms with Crippen LogP contribution in [0.3, 0.4) is 0 Å². The Morgan fingerprint density at radius 1 is 1.00 bits per heavy atom. The summed E-state index contributed by atoms with van der Waals surface area (Å²) in [7, 11) is 0. The van der Waals surface area contributed by atoms with Crippen LogP contribution in [-0.4, -0.2) is 42.1 Å². The Bertz CT molecular complexity index is 530. The van der Waals surface area contributed by atoms with Crippen LogP contribution in [0.5, 0.6) is 5.75 Å². The molecule has 0 aliphatic heterocycles. The van der Waals surface area contributed by atoms with Gasteiger partial charge in [0.2, 0.25) is 5.60 Å². The second kappa shape index (κ2) is 14.0. The topological polar surface area (TPSA) is 35.5 Å². The molecule has 0 heterocycles. The normalized spacial score (nSPS) is 11.0. The van der Waals surface area contributed by atoms with E-state index in [0.29, 0.717) is 35.2 Å². The molecule has 1 aromatic rings. The van der Waals surface area contributed by atoms with Crippen molar-refractivity contribution in [1.82, 2.24) is 0 Å². The fraction of sp³-hybridized carbons (Fsp3) is 0.650. The van der Waals surface area contributed by atoms with Gasteiger partial charge in [0.1, 0.15) is 5.75 Å². The minimum atomic E-state index is -0.989. The van der Waals surface area contributed by atoms with Gasteiger partial charge in [0.15, 0.2) is 0 Å². The summed E-state index contributed by atoms with van der Waals surface area (Å²) in [5.74, 6) is 0.194. The summed E-state index contributed by atoms with van der Waals surface area (Å²) in [6.45, 7) is 6.69. The predicted octanol–water partition coefficient (Wildman–Crippen LogP) is 6.45. The molecule has 0 N–H and O–H groups in total. The number of esters is 1. The Hall–Kier alpha value is -0.131. The Labute approximate surface area is 185 Å². The van der Waals surface area contributed by atoms with Crippen molar-refractivity contribution in [3.63, 3.8) is 0 Å². The Kier molecular flexibility index (Phi) is 13.9. The molecular weight excluding hydrogens is 478 g/mol. The third-order valence-electron chi connectivity index (χ3n) is 4.17. The summed E-state index contributed by atoms with van der Waals surface area (Å²) in [6.07, 6.45) is 6.80. The van der Waals surface area contributed by atoms with Crippen molar-refractivity contribution in [3.05, 3.63) is 28.2 Å². The fourth-order valence-electron chi connectivity index (χ4n) is 2.61. The fourth-order valence-corrected chi connectivity index (χ4v) is 3.05. The SMILES string of the molecule is CCCCOC(=O)C(CCCC)(CCCC)Oc1ccc(Cl)cc1Cl.[Sn]. The molecule has 6 heteroatoms. The molecule has 0 amide bonds. The molecule has 0 spiro atoms. The average molecular weight is 508 g/mol. The number of ether oxygens (including phenoxy) is 2. The van der Waals surface area contributed by atoms with E-state index in [2.05, 4.69) is 20.8 Å². The molecule has 3 nitrogen and oxygen atoms in total. The molecule has 0 atom stereocenters. The van der Waals surface area contributed by atoms with Crippen LogP contribution in [0.1, 0.15) is 72.1 Å². The number of carbonyl (C=O) groups excluding carboxylic acids is 1. The van der Waals surface area contributed by atoms with Crippen molar-refractivity contribution < 1.29 is 14.3 Å². The van der Waals surface area contributed by atoms with Gasteiger partial charge in [0.05, 0.1) is 11.6 Å². The molecule has 0 saturated heterocycles. The molecule has 0 unspecified atom stereocenters. The molecule has 146 valence electrons. The first-order chi connectivity index (χ1) is 12.0. The Balaban J connectivity index is 0.00000625. The number of halogens is 2. The zero-order valence-corrected chi connectivity index (χ0v) is 20.4. The summed E-state index contributed by atoms with van der Waals surface area (Å²) in [4.78, 5) is 12.9. The number of hydrogen-bond acceptors (Lipinski definition) is 3. The van der Waals surface area contributed by atoms with Crippen LogP contribution in [0.25, 0.3) is 0 Å². The van der Waals surface area contributed by atoms with Crippen LogP contribution >= 0.6 is 23.2 Å². The van der Waals surface area contributed by atoms with Crippen LogP contribution < -0.4 is 4.74 Å². The molecule has 0 aromatic heterocycles. The van der Waals surface area contributed by atoms with Crippen molar-refractivity contribution >= 4 is 53.1 Å². The summed E-state index contributed by atoms with van der Waals surface area (Å²) in [5, 5.41) is 0.946. The van der Waals surface area contributed by atoms with Gasteiger partial charge >= 0.3 is 5.97 Å². The van der Waals surface area contributed by atoms with Gasteiger partial charge in [-0.25, -0.2) is 4.79 Å². The minimum Gasteiger partial charge on any atom is -0.474 e. The van der Waals surface area contributed by atoms with E-state index in [1.807, 2.05) is 0 Å². The van der Waals surface area contributed by atoms with Crippen molar-refractivity contribution in [2.45, 2.75) is 77.7 Å². The molecule has 1 aromatic carbocycles. The van der Waals surface area contributed by atoms with Crippen LogP contribution in [0, 0.1) is 0 Å². The van der Waals surface area contributed by atoms with Gasteiger partial charge in [-0.2, -0.15) is 0 Å². The van der Waals surface area contributed by atoms with Crippen LogP contribution in [0.15, 0.2) is 18.2 Å². The molecule has 0 saturated carbocycles. The van der Waals surface area contributed by atoms with Crippen molar-refractivity contribution in [2.24, 2.45) is 0 Å². The summed E-state index contributed by atoms with van der Waals surface area (Å²) in [6, 6.07) is 5.07. The van der Waals surface area contributed by atoms with E-state index in [1.165, 1.54) is 0 Å². The second-order valence-corrected chi connectivity index (χ2v) is 7.21. The first-order valence-electron chi connectivity index (χ1n) is 9.30. The zero-order valence-electron chi connectivity index (χ0n) is 16.1. The quantitative estimate of drug-likeness (QED) is 0.185. The van der Waals surface area contributed by atoms with Crippen LogP contribution in [0.4, 0.5) is 0 Å². The monoisotopic (exact) mass is 508 g/mol. The van der Waals surface area contributed by atoms with E-state index in [9.17, 15) is 4.79 Å². The van der Waals surface area contributed by atoms with Crippen molar-refractivity contribution in [1.29, 1.82) is 0 Å². The first kappa shape index (κ1) is 25.9. The maximum atomic E-state index is 12.9. The summed E-state index contributed by atoms with van der Waals surface area (Å²) in [5.41, 5.74) is -0.989. The molecule has 4 radical (unpaired) electrons. The number of unbranched alkanes of at least 4 members (excludes halogenated alkanes) is 3. The maximum Gasteiger partial charge on any atom is 0.350 e. The number of hydrogen-bond donors (Lipinski definition) is 0. The maximum absolute atomic E-state index is 12.9. The first-order valence-corrected chi connectivity index (χ1v) is 10.1. The van der Waals surface area contributed by atoms with Gasteiger partial charge in [-0.3, -0.25) is 0 Å². The number of benzene rings is 1. The van der Waals surface area contributed by atoms with Crippen molar-refractivity contribution in [3.8, 4) is 5.75 Å². The van der Waals surface area contributed by atoms with Gasteiger partial charge in [-0.15, -0.1) is 0 Å². The van der Waals surface area contributed by atoms with E-state index in [0.717, 1.165) is 38.5 Å². The van der Waals surface area contributed by atoms with E-state index in [4.69, 9.17) is 32.7 Å². The van der Waals surface area contributed by atoms with E-state index >= 15 is 0 Å². The van der Waals surface area contributed by atoms with Gasteiger partial charge < -0.3 is 9.47 Å². The van der Waals surface area contributed by atoms with Crippen LogP contribution in [-0.2, 0) is 9.53 Å². The smallest absolute Gasteiger partial charge is 0.350 e. The third-order valence-corrected chi connectivity index (χ3v) is 4.70. The van der Waals surface area contributed by atoms with Crippen molar-refractivity contribution in [2.75, 3.05) is 6.61 Å². The molecule has 0 aliphatic carbocycles. The number of carbonyl (C=O) groups is 1. The van der Waals surface area contributed by atoms with Gasteiger partial charge in [-0.1, -0.05) is 63.2 Å². The zero-order chi connectivity index (χ0) is 18.7. The number of rotatable bonds is 12. The predicted molar refractivity (Wildman–Crippen MR) is 110 cm³/mol. The minimum absolute atomic E-state index is 0. The van der Waals surface area contributed by atoms with Gasteiger partial charge in [0.25, 0.3) is 0 Å². The molecule has 1 rings (SSSR count). The van der Waals surface area contributed by atoms with Gasteiger partial charge in [0, 0.05) is 28.9 Å². The summed E-state index contributed by atoms with van der Waals surface area (Å²) < 4.78 is 11.8. The average Bonchev–Trinajstić information content (AvgIpc) is 2.59. The van der Waals surface area contributed by atoms with Crippen LogP contribution in [0.2, 0.25) is 10.0 Å². The van der Waals surface area contributed by atoms with E-state index in [-0.39, 0.29) is 29.9 Å². The Morgan fingerprint density at radius 2 is 1.58 bits per heavy atom. The third kappa shape index (κ3) is 8.26. The summed E-state index contributed by atoms with van der Waals surface area (Å²) >= 11 is 12.2. The molecular formula is C20H30Cl2O3Sn. The standard InChI is InChI=1S/C20H30Cl2O3.Sn/c1-4-7-12-20(13-8-5-2,19(23)24-14-9-6-3)25-18-11-10-16(21)15-17(18)22;/h10-11,15H,4-9,12-14H2,1-3H3;. The molecule has 0 bridgehead atoms. The molecule has 0 fully saturated rings. The van der Waals surface area contributed by atoms with E-state index < -0.39 is 5.60 Å². The molecule has 26 heavy (non-hydrogen) atoms. The Morgan fingerprint density at radius 3 is 2.08 bits per heavy atom. The largest absolute Gasteiger partial charge is 0.474 e.